The second-order valence-electron chi connectivity index (χ2n) is 2.72. The summed E-state index contributed by atoms with van der Waals surface area (Å²) in [6.07, 6.45) is 0. The van der Waals surface area contributed by atoms with Gasteiger partial charge in [-0.3, -0.25) is 0 Å². The zero-order valence-corrected chi connectivity index (χ0v) is 7.64. The van der Waals surface area contributed by atoms with Gasteiger partial charge in [0, 0.05) is 10.1 Å². The number of halogens is 1. The van der Waals surface area contributed by atoms with E-state index in [2.05, 4.69) is 0 Å². The van der Waals surface area contributed by atoms with Crippen molar-refractivity contribution in [3.8, 4) is 5.75 Å². The maximum atomic E-state index is 13.2. The fraction of sp³-hybridized carbons (Fsp3) is 0. The lowest BCUT2D eigenvalue weighted by molar-refractivity contribution is 0.0691. The van der Waals surface area contributed by atoms with Crippen LogP contribution in [0.4, 0.5) is 4.39 Å². The molecular weight excluding hydrogens is 207 g/mol. The molecule has 14 heavy (non-hydrogen) atoms. The fourth-order valence-electron chi connectivity index (χ4n) is 1.22. The Bertz CT molecular complexity index is 518. The van der Waals surface area contributed by atoms with Crippen molar-refractivity contribution in [2.24, 2.45) is 0 Å². The van der Waals surface area contributed by atoms with Gasteiger partial charge in [0.1, 0.15) is 5.56 Å². The van der Waals surface area contributed by atoms with E-state index >= 15 is 0 Å². The standard InChI is InChI=1S/C9H5FO3S/c10-7-5(9(12)13)3-6-4(8(7)11)1-2-14-6/h1-3,11H,(H,12,13). The first-order valence-electron chi connectivity index (χ1n) is 3.73. The number of benzene rings is 1. The van der Waals surface area contributed by atoms with Crippen molar-refractivity contribution in [1.29, 1.82) is 0 Å². The Labute approximate surface area is 82.0 Å². The third-order valence-electron chi connectivity index (χ3n) is 1.90. The van der Waals surface area contributed by atoms with Crippen LogP contribution < -0.4 is 0 Å². The van der Waals surface area contributed by atoms with Crippen LogP contribution in [0.2, 0.25) is 0 Å². The summed E-state index contributed by atoms with van der Waals surface area (Å²) < 4.78 is 13.8. The Kier molecular flexibility index (Phi) is 1.89. The minimum absolute atomic E-state index is 0.345. The highest BCUT2D eigenvalue weighted by Gasteiger charge is 2.17. The summed E-state index contributed by atoms with van der Waals surface area (Å²) in [6.45, 7) is 0. The van der Waals surface area contributed by atoms with Crippen molar-refractivity contribution in [3.63, 3.8) is 0 Å². The van der Waals surface area contributed by atoms with Gasteiger partial charge in [0.05, 0.1) is 0 Å². The van der Waals surface area contributed by atoms with Crippen molar-refractivity contribution in [2.75, 3.05) is 0 Å². The first-order chi connectivity index (χ1) is 6.61. The van der Waals surface area contributed by atoms with Crippen molar-refractivity contribution >= 4 is 27.4 Å². The lowest BCUT2D eigenvalue weighted by atomic mass is 10.1. The number of fused-ring (bicyclic) bond motifs is 1. The van der Waals surface area contributed by atoms with Gasteiger partial charge in [-0.05, 0) is 17.5 Å². The van der Waals surface area contributed by atoms with Crippen molar-refractivity contribution in [2.45, 2.75) is 0 Å². The Balaban J connectivity index is 2.87. The Morgan fingerprint density at radius 1 is 1.50 bits per heavy atom. The molecule has 3 nitrogen and oxygen atoms in total. The van der Waals surface area contributed by atoms with Crippen LogP contribution in [-0.2, 0) is 0 Å². The van der Waals surface area contributed by atoms with Crippen LogP contribution in [0.25, 0.3) is 10.1 Å². The third-order valence-corrected chi connectivity index (χ3v) is 2.76. The van der Waals surface area contributed by atoms with Gasteiger partial charge < -0.3 is 10.2 Å². The highest BCUT2D eigenvalue weighted by molar-refractivity contribution is 7.17. The molecule has 0 amide bonds. The summed E-state index contributed by atoms with van der Waals surface area (Å²) in [5.41, 5.74) is -0.502. The molecule has 0 aliphatic heterocycles. The fourth-order valence-corrected chi connectivity index (χ4v) is 2.05. The average molecular weight is 212 g/mol. The molecule has 0 saturated heterocycles. The lowest BCUT2D eigenvalue weighted by Gasteiger charge is -2.01. The number of hydrogen-bond donors (Lipinski definition) is 2. The van der Waals surface area contributed by atoms with Crippen molar-refractivity contribution in [3.05, 3.63) is 28.9 Å². The molecule has 0 saturated carbocycles. The molecule has 0 bridgehead atoms. The van der Waals surface area contributed by atoms with E-state index in [-0.39, 0.29) is 0 Å². The molecule has 1 heterocycles. The van der Waals surface area contributed by atoms with E-state index in [1.807, 2.05) is 0 Å². The molecule has 0 spiro atoms. The van der Waals surface area contributed by atoms with E-state index in [1.54, 1.807) is 11.4 Å². The predicted octanol–water partition coefficient (Wildman–Crippen LogP) is 2.44. The quantitative estimate of drug-likeness (QED) is 0.763. The second-order valence-corrected chi connectivity index (χ2v) is 3.67. The minimum atomic E-state index is -1.38. The number of thiophene rings is 1. The zero-order valence-electron chi connectivity index (χ0n) is 6.82. The maximum absolute atomic E-state index is 13.2. The topological polar surface area (TPSA) is 57.5 Å². The molecule has 0 aliphatic rings. The number of hydrogen-bond acceptors (Lipinski definition) is 3. The Morgan fingerprint density at radius 3 is 2.86 bits per heavy atom. The Hall–Kier alpha value is -1.62. The second kappa shape index (κ2) is 2.95. The number of phenolic OH excluding ortho intramolecular Hbond substituents is 1. The average Bonchev–Trinajstić information content (AvgIpc) is 2.58. The first kappa shape index (κ1) is 8.96. The summed E-state index contributed by atoms with van der Waals surface area (Å²) in [5.74, 6) is -3.06. The van der Waals surface area contributed by atoms with Crippen molar-refractivity contribution in [1.82, 2.24) is 0 Å². The number of aromatic hydroxyl groups is 1. The number of carboxylic acids is 1. The monoisotopic (exact) mass is 212 g/mol. The van der Waals surface area contributed by atoms with Crippen LogP contribution in [0.3, 0.4) is 0 Å². The molecule has 2 N–H and O–H groups in total. The van der Waals surface area contributed by atoms with Crippen LogP contribution in [-0.4, -0.2) is 16.2 Å². The molecule has 0 atom stereocenters. The normalized spacial score (nSPS) is 10.6. The highest BCUT2D eigenvalue weighted by atomic mass is 32.1. The molecule has 0 unspecified atom stereocenters. The van der Waals surface area contributed by atoms with Crippen LogP contribution in [0.5, 0.6) is 5.75 Å². The van der Waals surface area contributed by atoms with Gasteiger partial charge in [0.25, 0.3) is 0 Å². The smallest absolute Gasteiger partial charge is 0.338 e. The van der Waals surface area contributed by atoms with Gasteiger partial charge in [0.2, 0.25) is 0 Å². The first-order valence-corrected chi connectivity index (χ1v) is 4.61. The van der Waals surface area contributed by atoms with Gasteiger partial charge in [-0.25, -0.2) is 9.18 Å². The van der Waals surface area contributed by atoms with E-state index < -0.39 is 23.1 Å². The number of aromatic carboxylic acids is 1. The predicted molar refractivity (Wildman–Crippen MR) is 50.4 cm³/mol. The summed E-state index contributed by atoms with van der Waals surface area (Å²) in [6, 6.07) is 2.77. The molecular formula is C9H5FO3S. The number of carboxylic acid groups (broad SMARTS) is 1. The van der Waals surface area contributed by atoms with Gasteiger partial charge in [-0.15, -0.1) is 11.3 Å². The van der Waals surface area contributed by atoms with E-state index in [9.17, 15) is 14.3 Å². The number of phenols is 1. The number of carbonyl (C=O) groups is 1. The largest absolute Gasteiger partial charge is 0.504 e. The van der Waals surface area contributed by atoms with Crippen LogP contribution in [0.1, 0.15) is 10.4 Å². The SMILES string of the molecule is O=C(O)c1cc2sccc2c(O)c1F. The summed E-state index contributed by atoms with van der Waals surface area (Å²) in [4.78, 5) is 10.6. The molecule has 0 aliphatic carbocycles. The number of rotatable bonds is 1. The van der Waals surface area contributed by atoms with Crippen LogP contribution in [0, 0.1) is 5.82 Å². The Morgan fingerprint density at radius 2 is 2.21 bits per heavy atom. The minimum Gasteiger partial charge on any atom is -0.504 e. The molecule has 0 fully saturated rings. The van der Waals surface area contributed by atoms with Gasteiger partial charge in [-0.2, -0.15) is 0 Å². The summed E-state index contributed by atoms with van der Waals surface area (Å²) in [5, 5.41) is 20.0. The molecule has 1 aromatic heterocycles. The molecule has 72 valence electrons. The molecule has 2 aromatic rings. The van der Waals surface area contributed by atoms with Gasteiger partial charge in [0.15, 0.2) is 11.6 Å². The molecule has 5 heteroatoms. The van der Waals surface area contributed by atoms with Crippen molar-refractivity contribution < 1.29 is 19.4 Å². The third kappa shape index (κ3) is 1.13. The lowest BCUT2D eigenvalue weighted by Crippen LogP contribution is -2.00. The van der Waals surface area contributed by atoms with Gasteiger partial charge in [-0.1, -0.05) is 0 Å². The highest BCUT2D eigenvalue weighted by Crippen LogP contribution is 2.33. The van der Waals surface area contributed by atoms with E-state index in [1.165, 1.54) is 17.4 Å². The van der Waals surface area contributed by atoms with Crippen LogP contribution >= 0.6 is 11.3 Å². The van der Waals surface area contributed by atoms with E-state index in [4.69, 9.17) is 5.11 Å². The summed E-state index contributed by atoms with van der Waals surface area (Å²) >= 11 is 1.25. The zero-order chi connectivity index (χ0) is 10.3. The van der Waals surface area contributed by atoms with E-state index in [0.717, 1.165) is 0 Å². The summed E-state index contributed by atoms with van der Waals surface area (Å²) in [7, 11) is 0. The molecule has 2 rings (SSSR count). The molecule has 1 aromatic carbocycles. The van der Waals surface area contributed by atoms with E-state index in [0.29, 0.717) is 10.1 Å². The van der Waals surface area contributed by atoms with Crippen LogP contribution in [0.15, 0.2) is 17.5 Å². The maximum Gasteiger partial charge on any atom is 0.338 e. The van der Waals surface area contributed by atoms with Gasteiger partial charge >= 0.3 is 5.97 Å². The molecule has 0 radical (unpaired) electrons.